The summed E-state index contributed by atoms with van der Waals surface area (Å²) in [6, 6.07) is 13.8. The third-order valence-corrected chi connectivity index (χ3v) is 3.90. The number of anilines is 1. The summed E-state index contributed by atoms with van der Waals surface area (Å²) >= 11 is 6.02. The second kappa shape index (κ2) is 6.72. The lowest BCUT2D eigenvalue weighted by Crippen LogP contribution is -2.21. The van der Waals surface area contributed by atoms with Crippen molar-refractivity contribution in [3.8, 4) is 0 Å². The molecule has 24 heavy (non-hydrogen) atoms. The molecule has 0 aliphatic rings. The Morgan fingerprint density at radius 2 is 2.00 bits per heavy atom. The van der Waals surface area contributed by atoms with Crippen LogP contribution in [-0.4, -0.2) is 5.91 Å². The first-order chi connectivity index (χ1) is 11.6. The highest BCUT2D eigenvalue weighted by Crippen LogP contribution is 2.22. The highest BCUT2D eigenvalue weighted by Gasteiger charge is 2.16. The summed E-state index contributed by atoms with van der Waals surface area (Å²) in [5.41, 5.74) is 0.986. The predicted molar refractivity (Wildman–Crippen MR) is 95.8 cm³/mol. The van der Waals surface area contributed by atoms with E-state index >= 15 is 0 Å². The van der Waals surface area contributed by atoms with Crippen LogP contribution in [0.3, 0.4) is 0 Å². The number of hydrogen-bond donors (Lipinski definition) is 1. The largest absolute Gasteiger partial charge is 0.422 e. The first-order valence-electron chi connectivity index (χ1n) is 7.32. The van der Waals surface area contributed by atoms with Crippen molar-refractivity contribution < 1.29 is 9.21 Å². The molecule has 3 rings (SSSR count). The number of carbonyl (C=O) groups is 1. The van der Waals surface area contributed by atoms with Crippen LogP contribution in [0.1, 0.15) is 15.9 Å². The number of allylic oxidation sites excluding steroid dienone is 1. The highest BCUT2D eigenvalue weighted by molar-refractivity contribution is 6.33. The summed E-state index contributed by atoms with van der Waals surface area (Å²) in [7, 11) is 0. The summed E-state index contributed by atoms with van der Waals surface area (Å²) < 4.78 is 5.37. The lowest BCUT2D eigenvalue weighted by Gasteiger charge is -2.08. The van der Waals surface area contributed by atoms with Crippen LogP contribution in [-0.2, 0) is 6.42 Å². The van der Waals surface area contributed by atoms with Crippen molar-refractivity contribution in [3.63, 3.8) is 0 Å². The van der Waals surface area contributed by atoms with Gasteiger partial charge in [0.2, 0.25) is 0 Å². The zero-order valence-corrected chi connectivity index (χ0v) is 13.5. The van der Waals surface area contributed by atoms with Crippen LogP contribution in [0.2, 0.25) is 5.02 Å². The Kier molecular flexibility index (Phi) is 4.49. The number of benzene rings is 2. The molecule has 120 valence electrons. The van der Waals surface area contributed by atoms with Crippen molar-refractivity contribution in [2.45, 2.75) is 6.42 Å². The number of rotatable bonds is 4. The fourth-order valence-electron chi connectivity index (χ4n) is 2.43. The van der Waals surface area contributed by atoms with Crippen LogP contribution in [0.15, 0.2) is 70.4 Å². The quantitative estimate of drug-likeness (QED) is 0.565. The molecular weight excluding hydrogens is 326 g/mol. The first kappa shape index (κ1) is 16.0. The monoisotopic (exact) mass is 339 g/mol. The van der Waals surface area contributed by atoms with Crippen molar-refractivity contribution in [1.82, 2.24) is 0 Å². The molecule has 0 unspecified atom stereocenters. The van der Waals surface area contributed by atoms with E-state index in [0.29, 0.717) is 28.1 Å². The molecule has 1 aromatic heterocycles. The fraction of sp³-hybridized carbons (Fsp3) is 0.0526. The van der Waals surface area contributed by atoms with Gasteiger partial charge in [-0.3, -0.25) is 4.79 Å². The molecule has 0 aliphatic carbocycles. The third kappa shape index (κ3) is 3.09. The number of halogens is 1. The van der Waals surface area contributed by atoms with Gasteiger partial charge in [-0.2, -0.15) is 0 Å². The van der Waals surface area contributed by atoms with E-state index in [1.807, 2.05) is 12.1 Å². The minimum absolute atomic E-state index is 0.0711. The van der Waals surface area contributed by atoms with Gasteiger partial charge in [-0.15, -0.1) is 6.58 Å². The van der Waals surface area contributed by atoms with Gasteiger partial charge in [0.1, 0.15) is 11.1 Å². The normalized spacial score (nSPS) is 10.5. The van der Waals surface area contributed by atoms with Crippen LogP contribution >= 0.6 is 11.6 Å². The topological polar surface area (TPSA) is 59.3 Å². The zero-order valence-electron chi connectivity index (χ0n) is 12.7. The molecular formula is C19H14ClNO3. The molecule has 0 saturated heterocycles. The molecule has 0 spiro atoms. The number of nitrogens with one attached hydrogen (secondary N) is 1. The molecule has 0 saturated carbocycles. The van der Waals surface area contributed by atoms with Crippen LogP contribution in [0.25, 0.3) is 11.0 Å². The average Bonchev–Trinajstić information content (AvgIpc) is 2.57. The van der Waals surface area contributed by atoms with E-state index in [1.54, 1.807) is 36.4 Å². The molecule has 4 nitrogen and oxygen atoms in total. The molecule has 1 N–H and O–H groups in total. The molecule has 1 heterocycles. The van der Waals surface area contributed by atoms with E-state index in [9.17, 15) is 9.59 Å². The van der Waals surface area contributed by atoms with E-state index in [-0.39, 0.29) is 5.56 Å². The van der Waals surface area contributed by atoms with Crippen molar-refractivity contribution in [2.24, 2.45) is 0 Å². The van der Waals surface area contributed by atoms with Gasteiger partial charge in [-0.1, -0.05) is 48.0 Å². The molecule has 5 heteroatoms. The van der Waals surface area contributed by atoms with E-state index in [1.165, 1.54) is 6.07 Å². The molecule has 3 aromatic rings. The molecule has 0 fully saturated rings. The SMILES string of the molecule is C=CCc1cccc2cc(C(=O)Nc3ccccc3Cl)c(=O)oc12. The van der Waals surface area contributed by atoms with Crippen molar-refractivity contribution in [1.29, 1.82) is 0 Å². The number of hydrogen-bond acceptors (Lipinski definition) is 3. The molecule has 2 aromatic carbocycles. The van der Waals surface area contributed by atoms with Gasteiger partial charge in [0, 0.05) is 5.39 Å². The van der Waals surface area contributed by atoms with Crippen molar-refractivity contribution in [3.05, 3.63) is 87.8 Å². The Hall–Kier alpha value is -2.85. The van der Waals surface area contributed by atoms with Crippen molar-refractivity contribution in [2.75, 3.05) is 5.32 Å². The molecule has 0 aliphatic heterocycles. The van der Waals surface area contributed by atoms with Crippen LogP contribution < -0.4 is 10.9 Å². The van der Waals surface area contributed by atoms with E-state index in [0.717, 1.165) is 5.56 Å². The van der Waals surface area contributed by atoms with Crippen LogP contribution in [0, 0.1) is 0 Å². The van der Waals surface area contributed by atoms with E-state index < -0.39 is 11.5 Å². The molecule has 0 bridgehead atoms. The smallest absolute Gasteiger partial charge is 0.349 e. The summed E-state index contributed by atoms with van der Waals surface area (Å²) in [6.07, 6.45) is 2.30. The summed E-state index contributed by atoms with van der Waals surface area (Å²) in [5, 5.41) is 3.70. The zero-order chi connectivity index (χ0) is 17.1. The lowest BCUT2D eigenvalue weighted by molar-refractivity contribution is 0.102. The fourth-order valence-corrected chi connectivity index (χ4v) is 2.61. The molecule has 1 amide bonds. The number of carbonyl (C=O) groups excluding carboxylic acids is 1. The summed E-state index contributed by atoms with van der Waals surface area (Å²) in [5.74, 6) is -0.562. The second-order valence-electron chi connectivity index (χ2n) is 5.21. The second-order valence-corrected chi connectivity index (χ2v) is 5.62. The summed E-state index contributed by atoms with van der Waals surface area (Å²) in [4.78, 5) is 24.6. The lowest BCUT2D eigenvalue weighted by atomic mass is 10.1. The third-order valence-electron chi connectivity index (χ3n) is 3.57. The van der Waals surface area contributed by atoms with Gasteiger partial charge < -0.3 is 9.73 Å². The van der Waals surface area contributed by atoms with Crippen LogP contribution in [0.4, 0.5) is 5.69 Å². The molecule has 0 radical (unpaired) electrons. The highest BCUT2D eigenvalue weighted by atomic mass is 35.5. The van der Waals surface area contributed by atoms with Crippen molar-refractivity contribution >= 4 is 34.2 Å². The Morgan fingerprint density at radius 3 is 2.75 bits per heavy atom. The van der Waals surface area contributed by atoms with Gasteiger partial charge in [0.25, 0.3) is 5.91 Å². The molecule has 0 atom stereocenters. The predicted octanol–water partition coefficient (Wildman–Crippen LogP) is 4.43. The number of para-hydroxylation sites is 2. The van der Waals surface area contributed by atoms with E-state index in [2.05, 4.69) is 11.9 Å². The summed E-state index contributed by atoms with van der Waals surface area (Å²) in [6.45, 7) is 3.69. The minimum atomic E-state index is -0.691. The van der Waals surface area contributed by atoms with Crippen LogP contribution in [0.5, 0.6) is 0 Å². The van der Waals surface area contributed by atoms with E-state index in [4.69, 9.17) is 16.0 Å². The van der Waals surface area contributed by atoms with Gasteiger partial charge in [0.15, 0.2) is 0 Å². The number of fused-ring (bicyclic) bond motifs is 1. The number of amides is 1. The Balaban J connectivity index is 2.02. The maximum absolute atomic E-state index is 12.4. The Bertz CT molecular complexity index is 991. The van der Waals surface area contributed by atoms with Gasteiger partial charge in [0.05, 0.1) is 10.7 Å². The minimum Gasteiger partial charge on any atom is -0.422 e. The Morgan fingerprint density at radius 1 is 1.21 bits per heavy atom. The first-order valence-corrected chi connectivity index (χ1v) is 7.70. The maximum Gasteiger partial charge on any atom is 0.349 e. The Labute approximate surface area is 143 Å². The average molecular weight is 340 g/mol. The van der Waals surface area contributed by atoms with Gasteiger partial charge >= 0.3 is 5.63 Å². The maximum atomic E-state index is 12.4. The van der Waals surface area contributed by atoms with Gasteiger partial charge in [-0.05, 0) is 30.2 Å². The standard InChI is InChI=1S/C19H14ClNO3/c1-2-6-12-7-5-8-13-11-14(19(23)24-17(12)13)18(22)21-16-10-4-3-9-15(16)20/h2-5,7-11H,1,6H2,(H,21,22). The van der Waals surface area contributed by atoms with Gasteiger partial charge in [-0.25, -0.2) is 4.79 Å².